The molecule has 2 N–H and O–H groups in total. The Hall–Kier alpha value is -2.14. The third-order valence-corrected chi connectivity index (χ3v) is 4.17. The molecular formula is C14H11NO3S. The number of hydrogen-bond donors (Lipinski definition) is 2. The molecule has 0 fully saturated rings. The quantitative estimate of drug-likeness (QED) is 0.770. The molecule has 2 aromatic carbocycles. The molecule has 3 rings (SSSR count). The highest BCUT2D eigenvalue weighted by molar-refractivity contribution is 7.99. The van der Waals surface area contributed by atoms with E-state index in [1.54, 1.807) is 12.1 Å². The molecule has 0 saturated carbocycles. The van der Waals surface area contributed by atoms with E-state index in [0.29, 0.717) is 5.69 Å². The van der Waals surface area contributed by atoms with E-state index in [-0.39, 0.29) is 12.3 Å². The second-order valence-corrected chi connectivity index (χ2v) is 5.31. The van der Waals surface area contributed by atoms with E-state index in [2.05, 4.69) is 0 Å². The summed E-state index contributed by atoms with van der Waals surface area (Å²) in [6.07, 6.45) is -1.02. The summed E-state index contributed by atoms with van der Waals surface area (Å²) in [6.45, 7) is 0.287. The number of rotatable bonds is 0. The number of nitrogens with zero attached hydrogens (tertiary/aromatic N) is 1. The number of hydrogen-bond acceptors (Lipinski definition) is 3. The Morgan fingerprint density at radius 3 is 2.74 bits per heavy atom. The molecule has 1 amide bonds. The third kappa shape index (κ3) is 2.13. The van der Waals surface area contributed by atoms with Crippen molar-refractivity contribution in [3.05, 3.63) is 48.0 Å². The van der Waals surface area contributed by atoms with Crippen molar-refractivity contribution < 1.29 is 15.0 Å². The monoisotopic (exact) mass is 273 g/mol. The molecule has 0 aromatic heterocycles. The van der Waals surface area contributed by atoms with Crippen LogP contribution in [-0.4, -0.2) is 16.3 Å². The third-order valence-electron chi connectivity index (χ3n) is 2.99. The molecule has 5 heteroatoms. The fraction of sp³-hybridized carbons (Fsp3) is 0.0714. The number of aromatic hydroxyl groups is 1. The molecule has 0 atom stereocenters. The lowest BCUT2D eigenvalue weighted by molar-refractivity contribution is 0.201. The maximum Gasteiger partial charge on any atom is 0.412 e. The van der Waals surface area contributed by atoms with Crippen LogP contribution in [0.3, 0.4) is 0 Å². The number of anilines is 1. The number of carboxylic acid groups (broad SMARTS) is 1. The van der Waals surface area contributed by atoms with Gasteiger partial charge in [0.15, 0.2) is 0 Å². The molecule has 96 valence electrons. The van der Waals surface area contributed by atoms with Gasteiger partial charge in [-0.25, -0.2) is 4.79 Å². The summed E-state index contributed by atoms with van der Waals surface area (Å²) in [6, 6.07) is 12.5. The standard InChI is InChI=1S/C14H11NO3S/c16-10-5-6-13-11(7-10)15(14(17)18)8-9-3-1-2-4-12(9)19-13/h1-7,16H,8H2,(H,17,18). The molecule has 0 bridgehead atoms. The Bertz CT molecular complexity index is 657. The number of benzene rings is 2. The predicted molar refractivity (Wildman–Crippen MR) is 72.9 cm³/mol. The van der Waals surface area contributed by atoms with Crippen molar-refractivity contribution in [3.8, 4) is 5.75 Å². The summed E-state index contributed by atoms with van der Waals surface area (Å²) in [7, 11) is 0. The first-order chi connectivity index (χ1) is 9.15. The van der Waals surface area contributed by atoms with Crippen molar-refractivity contribution in [3.63, 3.8) is 0 Å². The van der Waals surface area contributed by atoms with Crippen molar-refractivity contribution in [1.29, 1.82) is 0 Å². The first-order valence-corrected chi connectivity index (χ1v) is 6.56. The molecule has 2 aromatic rings. The number of carbonyl (C=O) groups is 1. The van der Waals surface area contributed by atoms with Crippen molar-refractivity contribution >= 4 is 23.5 Å². The Balaban J connectivity index is 2.18. The van der Waals surface area contributed by atoms with E-state index in [1.807, 2.05) is 24.3 Å². The van der Waals surface area contributed by atoms with Crippen LogP contribution < -0.4 is 4.90 Å². The van der Waals surface area contributed by atoms with Gasteiger partial charge < -0.3 is 10.2 Å². The first kappa shape index (κ1) is 11.9. The predicted octanol–water partition coefficient (Wildman–Crippen LogP) is 3.54. The van der Waals surface area contributed by atoms with Crippen LogP contribution in [0.1, 0.15) is 5.56 Å². The van der Waals surface area contributed by atoms with Crippen LogP contribution in [0.2, 0.25) is 0 Å². The van der Waals surface area contributed by atoms with Gasteiger partial charge in [-0.1, -0.05) is 30.0 Å². The lowest BCUT2D eigenvalue weighted by atomic mass is 10.2. The zero-order chi connectivity index (χ0) is 13.4. The molecule has 1 aliphatic heterocycles. The second-order valence-electron chi connectivity index (χ2n) is 4.23. The molecule has 0 spiro atoms. The molecule has 1 aliphatic rings. The Morgan fingerprint density at radius 2 is 1.95 bits per heavy atom. The molecule has 0 unspecified atom stereocenters. The van der Waals surface area contributed by atoms with Gasteiger partial charge in [-0.05, 0) is 23.8 Å². The van der Waals surface area contributed by atoms with Crippen LogP contribution in [0.4, 0.5) is 10.5 Å². The number of fused-ring (bicyclic) bond motifs is 2. The van der Waals surface area contributed by atoms with E-state index in [4.69, 9.17) is 0 Å². The van der Waals surface area contributed by atoms with E-state index in [0.717, 1.165) is 15.4 Å². The average molecular weight is 273 g/mol. The van der Waals surface area contributed by atoms with E-state index in [9.17, 15) is 15.0 Å². The Labute approximate surface area is 114 Å². The molecule has 19 heavy (non-hydrogen) atoms. The lowest BCUT2D eigenvalue weighted by Crippen LogP contribution is -2.28. The minimum Gasteiger partial charge on any atom is -0.508 e. The highest BCUT2D eigenvalue weighted by atomic mass is 32.2. The Kier molecular flexibility index (Phi) is 2.83. The minimum absolute atomic E-state index is 0.0663. The summed E-state index contributed by atoms with van der Waals surface area (Å²) >= 11 is 1.52. The molecule has 1 heterocycles. The van der Waals surface area contributed by atoms with Crippen LogP contribution in [0.5, 0.6) is 5.75 Å². The Morgan fingerprint density at radius 1 is 1.16 bits per heavy atom. The number of phenols is 1. The van der Waals surface area contributed by atoms with Crippen LogP contribution in [-0.2, 0) is 6.54 Å². The van der Waals surface area contributed by atoms with Gasteiger partial charge in [-0.15, -0.1) is 0 Å². The van der Waals surface area contributed by atoms with Crippen molar-refractivity contribution in [2.24, 2.45) is 0 Å². The summed E-state index contributed by atoms with van der Waals surface area (Å²) < 4.78 is 0. The molecular weight excluding hydrogens is 262 g/mol. The van der Waals surface area contributed by atoms with Crippen LogP contribution in [0.15, 0.2) is 52.3 Å². The minimum atomic E-state index is -1.02. The smallest absolute Gasteiger partial charge is 0.412 e. The zero-order valence-corrected chi connectivity index (χ0v) is 10.7. The van der Waals surface area contributed by atoms with Crippen LogP contribution in [0.25, 0.3) is 0 Å². The topological polar surface area (TPSA) is 60.8 Å². The second kappa shape index (κ2) is 4.51. The summed E-state index contributed by atoms with van der Waals surface area (Å²) in [5, 5.41) is 18.9. The SMILES string of the molecule is O=C(O)N1Cc2ccccc2Sc2ccc(O)cc21. The van der Waals surface area contributed by atoms with Gasteiger partial charge in [0.2, 0.25) is 0 Å². The normalized spacial score (nSPS) is 13.4. The number of amides is 1. The van der Waals surface area contributed by atoms with Gasteiger partial charge in [-0.3, -0.25) is 4.90 Å². The zero-order valence-electron chi connectivity index (χ0n) is 9.91. The van der Waals surface area contributed by atoms with Crippen LogP contribution >= 0.6 is 11.8 Å². The van der Waals surface area contributed by atoms with Crippen molar-refractivity contribution in [2.75, 3.05) is 4.90 Å². The van der Waals surface area contributed by atoms with E-state index in [1.165, 1.54) is 22.7 Å². The lowest BCUT2D eigenvalue weighted by Gasteiger charge is -2.19. The van der Waals surface area contributed by atoms with Gasteiger partial charge >= 0.3 is 6.09 Å². The summed E-state index contributed by atoms with van der Waals surface area (Å²) in [4.78, 5) is 14.5. The average Bonchev–Trinajstić information content (AvgIpc) is 2.55. The first-order valence-electron chi connectivity index (χ1n) is 5.74. The maximum absolute atomic E-state index is 11.4. The molecule has 4 nitrogen and oxygen atoms in total. The largest absolute Gasteiger partial charge is 0.508 e. The van der Waals surface area contributed by atoms with Gasteiger partial charge in [0, 0.05) is 15.9 Å². The van der Waals surface area contributed by atoms with Gasteiger partial charge in [-0.2, -0.15) is 0 Å². The fourth-order valence-electron chi connectivity index (χ4n) is 2.08. The van der Waals surface area contributed by atoms with Gasteiger partial charge in [0.1, 0.15) is 5.75 Å². The van der Waals surface area contributed by atoms with Crippen molar-refractivity contribution in [1.82, 2.24) is 0 Å². The van der Waals surface area contributed by atoms with Crippen LogP contribution in [0, 0.1) is 0 Å². The summed E-state index contributed by atoms with van der Waals surface area (Å²) in [5.41, 5.74) is 1.49. The molecule has 0 radical (unpaired) electrons. The van der Waals surface area contributed by atoms with Crippen molar-refractivity contribution in [2.45, 2.75) is 16.3 Å². The number of phenolic OH excluding ortho intramolecular Hbond substituents is 1. The van der Waals surface area contributed by atoms with Gasteiger partial charge in [0.05, 0.1) is 12.2 Å². The molecule has 0 aliphatic carbocycles. The molecule has 0 saturated heterocycles. The summed E-state index contributed by atoms with van der Waals surface area (Å²) in [5.74, 6) is 0.0663. The van der Waals surface area contributed by atoms with E-state index < -0.39 is 6.09 Å². The highest BCUT2D eigenvalue weighted by Gasteiger charge is 2.24. The van der Waals surface area contributed by atoms with Gasteiger partial charge in [0.25, 0.3) is 0 Å². The highest BCUT2D eigenvalue weighted by Crippen LogP contribution is 2.42. The maximum atomic E-state index is 11.4. The van der Waals surface area contributed by atoms with E-state index >= 15 is 0 Å². The fourth-order valence-corrected chi connectivity index (χ4v) is 3.14.